The lowest BCUT2D eigenvalue weighted by molar-refractivity contribution is 0.295. The molecule has 0 radical (unpaired) electrons. The molecular weight excluding hydrogens is 356 g/mol. The Balaban J connectivity index is 2.27. The van der Waals surface area contributed by atoms with Crippen molar-refractivity contribution >= 4 is 10.9 Å². The summed E-state index contributed by atoms with van der Waals surface area (Å²) in [5.41, 5.74) is 7.94. The molecule has 0 amide bonds. The monoisotopic (exact) mass is 392 g/mol. The normalized spacial score (nSPS) is 11.9. The summed E-state index contributed by atoms with van der Waals surface area (Å²) < 4.78 is 5.55. The van der Waals surface area contributed by atoms with Crippen molar-refractivity contribution in [3.63, 3.8) is 0 Å². The topological polar surface area (TPSA) is 28.3 Å². The van der Waals surface area contributed by atoms with E-state index in [2.05, 4.69) is 87.8 Å². The Kier molecular flexibility index (Phi) is 6.69. The summed E-state index contributed by atoms with van der Waals surface area (Å²) in [5.74, 6) is 1.84. The van der Waals surface area contributed by atoms with E-state index in [0.29, 0.717) is 11.8 Å². The average Bonchev–Trinajstić information content (AvgIpc) is 3.11. The summed E-state index contributed by atoms with van der Waals surface area (Å²) in [4.78, 5) is 6.24. The Morgan fingerprint density at radius 3 is 2.28 bits per heavy atom. The maximum Gasteiger partial charge on any atom is 0.119 e. The van der Waals surface area contributed by atoms with Crippen LogP contribution in [0.15, 0.2) is 36.4 Å². The van der Waals surface area contributed by atoms with Gasteiger partial charge in [-0.25, -0.2) is 0 Å². The van der Waals surface area contributed by atoms with E-state index in [9.17, 15) is 0 Å². The molecule has 0 spiro atoms. The summed E-state index contributed by atoms with van der Waals surface area (Å²) in [6, 6.07) is 13.2. The third-order valence-electron chi connectivity index (χ3n) is 5.96. The number of benzene rings is 2. The molecule has 0 bridgehead atoms. The zero-order valence-electron chi connectivity index (χ0n) is 19.1. The van der Waals surface area contributed by atoms with Crippen molar-refractivity contribution in [3.8, 4) is 17.0 Å². The number of aromatic nitrogens is 1. The first-order chi connectivity index (χ1) is 13.9. The third-order valence-corrected chi connectivity index (χ3v) is 5.96. The van der Waals surface area contributed by atoms with Crippen molar-refractivity contribution < 1.29 is 4.74 Å². The zero-order chi connectivity index (χ0) is 21.1. The predicted octanol–water partition coefficient (Wildman–Crippen LogP) is 6.93. The van der Waals surface area contributed by atoms with E-state index in [1.165, 1.54) is 38.9 Å². The molecule has 1 heterocycles. The molecule has 0 unspecified atom stereocenters. The second-order valence-electron chi connectivity index (χ2n) is 8.48. The first kappa shape index (κ1) is 21.4. The van der Waals surface area contributed by atoms with Crippen LogP contribution in [-0.2, 0) is 6.54 Å². The fourth-order valence-electron chi connectivity index (χ4n) is 4.33. The van der Waals surface area contributed by atoms with Crippen LogP contribution in [0.5, 0.6) is 5.75 Å². The molecule has 0 aliphatic heterocycles. The standard InChI is InChI=1S/C26H36N2O/c1-8-28(9-2)16-19-15-20(29-7)13-14-22(19)26-24(18(5)6)25-21(17(3)4)11-10-12-23(25)27-26/h10-15,17-18,27H,8-9,16H2,1-7H3. The van der Waals surface area contributed by atoms with E-state index in [4.69, 9.17) is 4.74 Å². The number of H-pyrrole nitrogens is 1. The van der Waals surface area contributed by atoms with Crippen molar-refractivity contribution in [2.75, 3.05) is 20.2 Å². The number of ether oxygens (including phenoxy) is 1. The minimum absolute atomic E-state index is 0.432. The van der Waals surface area contributed by atoms with E-state index in [1.807, 2.05) is 0 Å². The number of methoxy groups -OCH3 is 1. The van der Waals surface area contributed by atoms with Crippen LogP contribution in [0.1, 0.15) is 70.1 Å². The van der Waals surface area contributed by atoms with E-state index < -0.39 is 0 Å². The van der Waals surface area contributed by atoms with E-state index in [-0.39, 0.29) is 0 Å². The van der Waals surface area contributed by atoms with Gasteiger partial charge in [0.15, 0.2) is 0 Å². The molecule has 0 saturated carbocycles. The van der Waals surface area contributed by atoms with Gasteiger partial charge in [0.05, 0.1) is 12.8 Å². The summed E-state index contributed by atoms with van der Waals surface area (Å²) in [5, 5.41) is 1.40. The third kappa shape index (κ3) is 4.20. The number of hydrogen-bond donors (Lipinski definition) is 1. The van der Waals surface area contributed by atoms with E-state index in [0.717, 1.165) is 25.4 Å². The van der Waals surface area contributed by atoms with Gasteiger partial charge < -0.3 is 9.72 Å². The highest BCUT2D eigenvalue weighted by atomic mass is 16.5. The van der Waals surface area contributed by atoms with Crippen LogP contribution in [0.25, 0.3) is 22.2 Å². The van der Waals surface area contributed by atoms with E-state index in [1.54, 1.807) is 7.11 Å². The Labute approximate surface area is 176 Å². The lowest BCUT2D eigenvalue weighted by Gasteiger charge is -2.21. The smallest absolute Gasteiger partial charge is 0.119 e. The van der Waals surface area contributed by atoms with Gasteiger partial charge in [-0.05, 0) is 65.9 Å². The van der Waals surface area contributed by atoms with Crippen LogP contribution in [0.3, 0.4) is 0 Å². The van der Waals surface area contributed by atoms with Gasteiger partial charge in [0.1, 0.15) is 5.75 Å². The molecule has 0 aliphatic carbocycles. The molecule has 1 aromatic heterocycles. The van der Waals surface area contributed by atoms with Gasteiger partial charge in [-0.3, -0.25) is 4.90 Å². The second-order valence-corrected chi connectivity index (χ2v) is 8.48. The fourth-order valence-corrected chi connectivity index (χ4v) is 4.33. The van der Waals surface area contributed by atoms with Crippen LogP contribution in [0.4, 0.5) is 0 Å². The number of nitrogens with zero attached hydrogens (tertiary/aromatic N) is 1. The second kappa shape index (κ2) is 9.04. The fraction of sp³-hybridized carbons (Fsp3) is 0.462. The molecule has 2 aromatic carbocycles. The van der Waals surface area contributed by atoms with Gasteiger partial charge >= 0.3 is 0 Å². The van der Waals surface area contributed by atoms with Gasteiger partial charge in [0, 0.05) is 23.0 Å². The minimum Gasteiger partial charge on any atom is -0.497 e. The molecule has 0 atom stereocenters. The molecule has 156 valence electrons. The van der Waals surface area contributed by atoms with Gasteiger partial charge in [0.25, 0.3) is 0 Å². The lowest BCUT2D eigenvalue weighted by atomic mass is 9.89. The number of rotatable bonds is 8. The Hall–Kier alpha value is -2.26. The first-order valence-electron chi connectivity index (χ1n) is 10.9. The molecule has 3 rings (SSSR count). The summed E-state index contributed by atoms with van der Waals surface area (Å²) in [6.07, 6.45) is 0. The van der Waals surface area contributed by atoms with Crippen molar-refractivity contribution in [1.29, 1.82) is 0 Å². The quantitative estimate of drug-likeness (QED) is 0.450. The molecular formula is C26H36N2O. The molecule has 3 aromatic rings. The Morgan fingerprint density at radius 2 is 1.69 bits per heavy atom. The van der Waals surface area contributed by atoms with Crippen molar-refractivity contribution in [3.05, 3.63) is 53.1 Å². The van der Waals surface area contributed by atoms with Crippen LogP contribution in [-0.4, -0.2) is 30.1 Å². The summed E-state index contributed by atoms with van der Waals surface area (Å²) in [7, 11) is 1.74. The first-order valence-corrected chi connectivity index (χ1v) is 10.9. The number of aromatic amines is 1. The largest absolute Gasteiger partial charge is 0.497 e. The molecule has 0 saturated heterocycles. The Bertz CT molecular complexity index is 964. The van der Waals surface area contributed by atoms with Crippen LogP contribution < -0.4 is 4.74 Å². The highest BCUT2D eigenvalue weighted by Crippen LogP contribution is 2.41. The summed E-state index contributed by atoms with van der Waals surface area (Å²) in [6.45, 7) is 16.6. The molecule has 3 heteroatoms. The predicted molar refractivity (Wildman–Crippen MR) is 125 cm³/mol. The maximum absolute atomic E-state index is 5.55. The van der Waals surface area contributed by atoms with Crippen molar-refractivity contribution in [1.82, 2.24) is 9.88 Å². The molecule has 0 aliphatic rings. The highest BCUT2D eigenvalue weighted by Gasteiger charge is 2.21. The average molecular weight is 393 g/mol. The number of nitrogens with one attached hydrogen (secondary N) is 1. The maximum atomic E-state index is 5.55. The molecule has 29 heavy (non-hydrogen) atoms. The SMILES string of the molecule is CCN(CC)Cc1cc(OC)ccc1-c1[nH]c2cccc(C(C)C)c2c1C(C)C. The molecule has 1 N–H and O–H groups in total. The van der Waals surface area contributed by atoms with Gasteiger partial charge in [-0.2, -0.15) is 0 Å². The van der Waals surface area contributed by atoms with Crippen molar-refractivity contribution in [2.24, 2.45) is 0 Å². The summed E-state index contributed by atoms with van der Waals surface area (Å²) >= 11 is 0. The van der Waals surface area contributed by atoms with Gasteiger partial charge in [-0.1, -0.05) is 53.7 Å². The number of hydrogen-bond acceptors (Lipinski definition) is 2. The molecule has 3 nitrogen and oxygen atoms in total. The van der Waals surface area contributed by atoms with Crippen LogP contribution in [0, 0.1) is 0 Å². The highest BCUT2D eigenvalue weighted by molar-refractivity contribution is 5.94. The van der Waals surface area contributed by atoms with Crippen molar-refractivity contribution in [2.45, 2.75) is 59.9 Å². The lowest BCUT2D eigenvalue weighted by Crippen LogP contribution is -2.22. The zero-order valence-corrected chi connectivity index (χ0v) is 19.1. The van der Waals surface area contributed by atoms with Crippen LogP contribution >= 0.6 is 0 Å². The van der Waals surface area contributed by atoms with Crippen LogP contribution in [0.2, 0.25) is 0 Å². The van der Waals surface area contributed by atoms with E-state index >= 15 is 0 Å². The Morgan fingerprint density at radius 1 is 0.966 bits per heavy atom. The number of fused-ring (bicyclic) bond motifs is 1. The minimum atomic E-state index is 0.432. The van der Waals surface area contributed by atoms with Gasteiger partial charge in [-0.15, -0.1) is 0 Å². The molecule has 0 fully saturated rings. The van der Waals surface area contributed by atoms with Gasteiger partial charge in [0.2, 0.25) is 0 Å².